The molecule has 0 aliphatic rings. The molecule has 39 nitrogen and oxygen atoms in total. The normalized spacial score (nSPS) is 10.4. The second-order valence-corrected chi connectivity index (χ2v) is 15.2. The second-order valence-electron chi connectivity index (χ2n) is 15.2. The van der Waals surface area contributed by atoms with Crippen molar-refractivity contribution in [2.24, 2.45) is 0 Å². The van der Waals surface area contributed by atoms with E-state index in [1.807, 2.05) is 0 Å². The molecule has 39 heteroatoms. The Morgan fingerprint density at radius 2 is 0.262 bits per heavy atom. The summed E-state index contributed by atoms with van der Waals surface area (Å²) in [6.45, 7) is 0. The predicted molar refractivity (Wildman–Crippen MR) is 239 cm³/mol. The van der Waals surface area contributed by atoms with Gasteiger partial charge < -0.3 is 90.8 Å². The third-order valence-electron chi connectivity index (χ3n) is 10.5. The number of rotatable bonds is 21. The first-order valence-corrected chi connectivity index (χ1v) is 20.3. The van der Waals surface area contributed by atoms with Gasteiger partial charge in [-0.2, -0.15) is 0 Å². The van der Waals surface area contributed by atoms with Gasteiger partial charge in [-0.1, -0.05) is 0 Å². The highest BCUT2D eigenvalue weighted by atomic mass is 16.6. The molecule has 84 heavy (non-hydrogen) atoms. The van der Waals surface area contributed by atoms with Gasteiger partial charge in [0.25, 0.3) is 0 Å². The summed E-state index contributed by atoms with van der Waals surface area (Å²) >= 11 is 0. The summed E-state index contributed by atoms with van der Waals surface area (Å²) in [5, 5.41) is 147. The molecular formula is C45H18O39. The van der Waals surface area contributed by atoms with Crippen LogP contribution in [-0.4, -0.2) is 202 Å². The minimum absolute atomic E-state index is 0.165. The first-order valence-electron chi connectivity index (χ1n) is 20.3. The van der Waals surface area contributed by atoms with Crippen LogP contribution in [0.4, 0.5) is 0 Å². The van der Waals surface area contributed by atoms with E-state index in [-0.39, 0.29) is 18.2 Å². The minimum Gasteiger partial charge on any atom is -0.478 e. The summed E-state index contributed by atoms with van der Waals surface area (Å²) in [5.41, 5.74) is -45.7. The van der Waals surface area contributed by atoms with Crippen molar-refractivity contribution in [2.45, 2.75) is 0 Å². The molecule has 4 rings (SSSR count). The highest BCUT2D eigenvalue weighted by molar-refractivity contribution is 6.27. The van der Waals surface area contributed by atoms with Crippen molar-refractivity contribution in [3.63, 3.8) is 0 Å². The summed E-state index contributed by atoms with van der Waals surface area (Å²) in [6, 6.07) is -0.494. The molecule has 0 spiro atoms. The number of carboxylic acids is 15. The average Bonchev–Trinajstić information content (AvgIpc) is 0.995. The maximum atomic E-state index is 13.8. The fraction of sp³-hybridized carbons (Fsp3) is 0. The molecule has 0 radical (unpaired) electrons. The molecule has 0 heterocycles. The molecule has 0 aromatic heterocycles. The lowest BCUT2D eigenvalue weighted by molar-refractivity contribution is 0.0379. The monoisotopic (exact) mass is 1180 g/mol. The number of hydrogen-bond donors (Lipinski definition) is 15. The highest BCUT2D eigenvalue weighted by Crippen LogP contribution is 2.35. The van der Waals surface area contributed by atoms with E-state index >= 15 is 0 Å². The number of esters is 6. The van der Waals surface area contributed by atoms with Crippen LogP contribution in [0.25, 0.3) is 0 Å². The molecule has 4 aromatic rings. The van der Waals surface area contributed by atoms with E-state index < -0.39 is 242 Å². The van der Waals surface area contributed by atoms with Crippen molar-refractivity contribution < 1.29 is 191 Å². The van der Waals surface area contributed by atoms with Crippen LogP contribution >= 0.6 is 0 Å². The van der Waals surface area contributed by atoms with E-state index in [0.29, 0.717) is 0 Å². The third-order valence-corrected chi connectivity index (χ3v) is 10.5. The fourth-order valence-electron chi connectivity index (χ4n) is 7.63. The Labute approximate surface area is 451 Å². The van der Waals surface area contributed by atoms with E-state index in [9.17, 15) is 177 Å². The summed E-state index contributed by atoms with van der Waals surface area (Å²) in [4.78, 5) is 267. The molecule has 0 unspecified atom stereocenters. The van der Waals surface area contributed by atoms with Crippen LogP contribution in [0.15, 0.2) is 18.2 Å². The summed E-state index contributed by atoms with van der Waals surface area (Å²) < 4.78 is 13.1. The molecular weight excluding hydrogens is 1160 g/mol. The van der Waals surface area contributed by atoms with Crippen LogP contribution in [-0.2, 0) is 14.2 Å². The maximum absolute atomic E-state index is 13.8. The van der Waals surface area contributed by atoms with Crippen molar-refractivity contribution in [1.82, 2.24) is 0 Å². The lowest BCUT2D eigenvalue weighted by Gasteiger charge is -2.18. The standard InChI is InChI=1S/C45H18O39/c46-25(47)7-10(28(52)53)16(34(64)65)22(17(35(66)67)11(7)29(54)55)43(79)82-40(76)4-1-5(41(77)83-44(80)23-18(36(68)69)12(30(56)57)8(26(48)49)13(31(58)59)19(23)37(70)71)3-6(2-4)42(78)84-45(81)24-20(38(72)73)14(32(60)61)9(27(50)51)15(33(62)63)21(24)39(74)75/h1-3H,(H,46,47)(H,48,49)(H,50,51)(H,52,53)(H,54,55)(H,56,57)(H,58,59)(H,60,61)(H,62,63)(H,64,65)(H,66,67)(H,68,69)(H,70,71)(H,72,73)(H,74,75). The zero-order valence-electron chi connectivity index (χ0n) is 39.2. The zero-order chi connectivity index (χ0) is 64.5. The van der Waals surface area contributed by atoms with Crippen molar-refractivity contribution >= 4 is 125 Å². The lowest BCUT2D eigenvalue weighted by atomic mass is 9.86. The van der Waals surface area contributed by atoms with Crippen LogP contribution in [0.2, 0.25) is 0 Å². The van der Waals surface area contributed by atoms with Crippen molar-refractivity contribution in [3.05, 3.63) is 135 Å². The molecule has 0 bridgehead atoms. The van der Waals surface area contributed by atoms with Gasteiger partial charge in [-0.05, 0) is 18.2 Å². The Kier molecular flexibility index (Phi) is 17.3. The minimum atomic E-state index is -2.84. The molecule has 0 saturated carbocycles. The van der Waals surface area contributed by atoms with Crippen LogP contribution in [0.5, 0.6) is 0 Å². The third kappa shape index (κ3) is 11.2. The van der Waals surface area contributed by atoms with E-state index in [1.54, 1.807) is 0 Å². The van der Waals surface area contributed by atoms with Crippen LogP contribution < -0.4 is 0 Å². The van der Waals surface area contributed by atoms with E-state index in [1.165, 1.54) is 0 Å². The first kappa shape index (κ1) is 62.9. The predicted octanol–water partition coefficient (Wildman–Crippen LogP) is 0.151. The second kappa shape index (κ2) is 23.1. The SMILES string of the molecule is O=C(OC(=O)c1c(C(=O)O)c(C(=O)O)c(C(=O)O)c(C(=O)O)c1C(=O)O)c1cc(C(=O)OC(=O)c2c(C(=O)O)c(C(=O)O)c(C(=O)O)c(C(=O)O)c2C(=O)O)cc(C(=O)OC(=O)c2c(C(=O)O)c(C(=O)O)c(C(=O)O)c(C(=O)O)c2C(=O)O)c1. The van der Waals surface area contributed by atoms with Crippen molar-refractivity contribution in [2.75, 3.05) is 0 Å². The van der Waals surface area contributed by atoms with Crippen LogP contribution in [0, 0.1) is 0 Å². The number of aromatic carboxylic acids is 15. The van der Waals surface area contributed by atoms with Gasteiger partial charge in [0, 0.05) is 0 Å². The summed E-state index contributed by atoms with van der Waals surface area (Å²) in [5.74, 6) is -57.8. The summed E-state index contributed by atoms with van der Waals surface area (Å²) in [7, 11) is 0. The lowest BCUT2D eigenvalue weighted by Crippen LogP contribution is -2.30. The Bertz CT molecular complexity index is 3410. The molecule has 0 saturated heterocycles. The molecule has 4 aromatic carbocycles. The maximum Gasteiger partial charge on any atom is 0.347 e. The Morgan fingerprint density at radius 3 is 0.357 bits per heavy atom. The number of carbonyl (C=O) groups is 21. The average molecular weight is 1180 g/mol. The smallest absolute Gasteiger partial charge is 0.347 e. The van der Waals surface area contributed by atoms with Gasteiger partial charge >= 0.3 is 125 Å². The van der Waals surface area contributed by atoms with Gasteiger partial charge in [0.15, 0.2) is 0 Å². The van der Waals surface area contributed by atoms with E-state index in [0.717, 1.165) is 0 Å². The van der Waals surface area contributed by atoms with Gasteiger partial charge in [-0.15, -0.1) is 0 Å². The molecule has 0 aliphatic heterocycles. The molecule has 0 amide bonds. The van der Waals surface area contributed by atoms with Gasteiger partial charge in [0.1, 0.15) is 0 Å². The number of carbonyl (C=O) groups excluding carboxylic acids is 6. The van der Waals surface area contributed by atoms with E-state index in [4.69, 9.17) is 0 Å². The Morgan fingerprint density at radius 1 is 0.167 bits per heavy atom. The van der Waals surface area contributed by atoms with Gasteiger partial charge in [-0.25, -0.2) is 101 Å². The Balaban J connectivity index is 2.17. The topological polar surface area (TPSA) is 690 Å². The largest absolute Gasteiger partial charge is 0.478 e. The van der Waals surface area contributed by atoms with Crippen molar-refractivity contribution in [3.8, 4) is 0 Å². The van der Waals surface area contributed by atoms with Crippen molar-refractivity contribution in [1.29, 1.82) is 0 Å². The number of hydrogen-bond acceptors (Lipinski definition) is 24. The first-order chi connectivity index (χ1) is 38.7. The molecule has 0 aliphatic carbocycles. The molecule has 0 fully saturated rings. The van der Waals surface area contributed by atoms with Gasteiger partial charge in [-0.3, -0.25) is 0 Å². The fourth-order valence-corrected chi connectivity index (χ4v) is 7.63. The van der Waals surface area contributed by atoms with Gasteiger partial charge in [0.05, 0.1) is 117 Å². The highest BCUT2D eigenvalue weighted by Gasteiger charge is 2.45. The molecule has 0 atom stereocenters. The van der Waals surface area contributed by atoms with Crippen LogP contribution in [0.1, 0.15) is 218 Å². The number of benzene rings is 4. The van der Waals surface area contributed by atoms with Crippen LogP contribution in [0.3, 0.4) is 0 Å². The molecule has 432 valence electrons. The van der Waals surface area contributed by atoms with Gasteiger partial charge in [0.2, 0.25) is 0 Å². The number of carboxylic acid groups (broad SMARTS) is 15. The van der Waals surface area contributed by atoms with E-state index in [2.05, 4.69) is 14.2 Å². The number of ether oxygens (including phenoxy) is 3. The Hall–Kier alpha value is -13.7. The summed E-state index contributed by atoms with van der Waals surface area (Å²) in [6.07, 6.45) is 0. The quantitative estimate of drug-likeness (QED) is 0.0300. The zero-order valence-corrected chi connectivity index (χ0v) is 39.2. The molecule has 15 N–H and O–H groups in total.